The van der Waals surface area contributed by atoms with Crippen molar-refractivity contribution in [3.63, 3.8) is 0 Å². The van der Waals surface area contributed by atoms with E-state index in [1.165, 1.54) is 0 Å². The van der Waals surface area contributed by atoms with Gasteiger partial charge in [-0.05, 0) is 0 Å². The molecule has 1 aromatic rings. The zero-order valence-corrected chi connectivity index (χ0v) is 5.24. The summed E-state index contributed by atoms with van der Waals surface area (Å²) in [6.07, 6.45) is 0.890. The minimum atomic E-state index is -0.752. The van der Waals surface area contributed by atoms with E-state index in [4.69, 9.17) is 5.39 Å². The van der Waals surface area contributed by atoms with Crippen molar-refractivity contribution in [1.29, 1.82) is 5.39 Å². The monoisotopic (exact) mass is 156 g/mol. The fourth-order valence-corrected chi connectivity index (χ4v) is 0.443. The molecule has 1 aromatic heterocycles. The summed E-state index contributed by atoms with van der Waals surface area (Å²) in [6.45, 7) is 0. The quantitative estimate of drug-likeness (QED) is 0.458. The van der Waals surface area contributed by atoms with Gasteiger partial charge in [0.1, 0.15) is 6.20 Å². The molecule has 0 atom stereocenters. The Morgan fingerprint density at radius 3 is 2.82 bits per heavy atom. The predicted molar refractivity (Wildman–Crippen MR) is 32.7 cm³/mol. The van der Waals surface area contributed by atoms with Gasteiger partial charge >= 0.3 is 11.2 Å². The maximum Gasteiger partial charge on any atom is 0.467 e. The molecule has 0 aliphatic carbocycles. The predicted octanol–water partition coefficient (Wildman–Crippen LogP) is -1.50. The van der Waals surface area contributed by atoms with Crippen LogP contribution in [0.1, 0.15) is 0 Å². The molecule has 0 unspecified atom stereocenters. The molecule has 1 heterocycles. The summed E-state index contributed by atoms with van der Waals surface area (Å²) in [5.74, 6) is 0. The largest absolute Gasteiger partial charge is 0.846 e. The van der Waals surface area contributed by atoms with E-state index >= 15 is 0 Å². The summed E-state index contributed by atoms with van der Waals surface area (Å²) < 4.78 is 0. The molecular formula is C4H4N4O3. The van der Waals surface area contributed by atoms with Crippen LogP contribution in [0.5, 0.6) is 6.01 Å². The maximum atomic E-state index is 10.5. The van der Waals surface area contributed by atoms with Gasteiger partial charge in [-0.15, -0.1) is 0 Å². The van der Waals surface area contributed by atoms with E-state index in [1.807, 2.05) is 4.98 Å². The zero-order chi connectivity index (χ0) is 7.56. The van der Waals surface area contributed by atoms with Crippen LogP contribution in [0, 0.1) is 5.39 Å². The molecule has 0 aliphatic heterocycles. The van der Waals surface area contributed by atoms with E-state index in [1.54, 1.807) is 0 Å². The van der Waals surface area contributed by atoms with Gasteiger partial charge < -0.3 is 15.6 Å². The van der Waals surface area contributed by atoms with Crippen LogP contribution in [0.15, 0.2) is 11.0 Å². The van der Waals surface area contributed by atoms with Crippen LogP contribution < -0.4 is 10.7 Å². The van der Waals surface area contributed by atoms with E-state index in [2.05, 4.69) is 9.96 Å². The van der Waals surface area contributed by atoms with Gasteiger partial charge in [0, 0.05) is 0 Å². The Morgan fingerprint density at radius 2 is 2.36 bits per heavy atom. The Balaban J connectivity index is 0.000001000. The van der Waals surface area contributed by atoms with Crippen molar-refractivity contribution in [2.24, 2.45) is 0 Å². The summed E-state index contributed by atoms with van der Waals surface area (Å²) in [6, 6.07) is -0.752. The van der Waals surface area contributed by atoms with Crippen LogP contribution in [-0.2, 0) is 0 Å². The fourth-order valence-electron chi connectivity index (χ4n) is 0.443. The molecule has 7 nitrogen and oxygen atoms in total. The third-order valence-electron chi connectivity index (χ3n) is 0.865. The van der Waals surface area contributed by atoms with Gasteiger partial charge in [0.25, 0.3) is 0 Å². The van der Waals surface area contributed by atoms with Gasteiger partial charge in [-0.2, -0.15) is 0 Å². The number of rotatable bonds is 0. The minimum absolute atomic E-state index is 0. The molecule has 58 valence electrons. The van der Waals surface area contributed by atoms with Crippen molar-refractivity contribution in [3.05, 3.63) is 21.5 Å². The first-order valence-corrected chi connectivity index (χ1v) is 2.35. The van der Waals surface area contributed by atoms with Gasteiger partial charge in [0.15, 0.2) is 4.98 Å². The van der Waals surface area contributed by atoms with E-state index in [9.17, 15) is 9.90 Å². The van der Waals surface area contributed by atoms with Gasteiger partial charge in [0.2, 0.25) is 5.39 Å². The van der Waals surface area contributed by atoms with E-state index in [0.29, 0.717) is 0 Å². The van der Waals surface area contributed by atoms with E-state index in [-0.39, 0.29) is 11.2 Å². The minimum Gasteiger partial charge on any atom is -0.846 e. The average molecular weight is 156 g/mol. The third-order valence-corrected chi connectivity index (χ3v) is 0.865. The van der Waals surface area contributed by atoms with Crippen LogP contribution in [0.4, 0.5) is 5.69 Å². The molecule has 11 heavy (non-hydrogen) atoms. The molecular weight excluding hydrogens is 152 g/mol. The summed E-state index contributed by atoms with van der Waals surface area (Å²) in [4.78, 5) is 18.0. The second-order valence-electron chi connectivity index (χ2n) is 1.50. The van der Waals surface area contributed by atoms with Crippen LogP contribution in [0.2, 0.25) is 0 Å². The van der Waals surface area contributed by atoms with Crippen molar-refractivity contribution >= 4 is 5.69 Å². The normalized spacial score (nSPS) is 7.91. The number of nitrogens with zero attached hydrogens (tertiary/aromatic N) is 3. The standard InChI is InChI=1S/C4H2N4O2.H2O/c5-8-2-1-6-4(10)7-3(2)9;/h1H,(H-,6,7,9,10);1H2. The lowest BCUT2D eigenvalue weighted by atomic mass is 10.5. The Morgan fingerprint density at radius 1 is 1.73 bits per heavy atom. The lowest BCUT2D eigenvalue weighted by molar-refractivity contribution is -0.282. The molecule has 0 amide bonds. The lowest BCUT2D eigenvalue weighted by Gasteiger charge is -1.96. The highest BCUT2D eigenvalue weighted by molar-refractivity contribution is 5.37. The summed E-state index contributed by atoms with van der Waals surface area (Å²) in [7, 11) is 0. The van der Waals surface area contributed by atoms with E-state index in [0.717, 1.165) is 6.20 Å². The number of hydrogen-bond acceptors (Lipinski definition) is 4. The Kier molecular flexibility index (Phi) is 2.71. The van der Waals surface area contributed by atoms with Crippen LogP contribution in [0.3, 0.4) is 0 Å². The molecule has 0 aromatic carbocycles. The fraction of sp³-hybridized carbons (Fsp3) is 0. The highest BCUT2D eigenvalue weighted by Crippen LogP contribution is 1.99. The summed E-state index contributed by atoms with van der Waals surface area (Å²) in [5.41, 5.74) is -1.03. The number of diazo groups is 1. The Bertz CT molecular complexity index is 338. The smallest absolute Gasteiger partial charge is 0.467 e. The van der Waals surface area contributed by atoms with Crippen molar-refractivity contribution in [1.82, 2.24) is 9.97 Å². The van der Waals surface area contributed by atoms with Crippen molar-refractivity contribution < 1.29 is 10.6 Å². The second-order valence-corrected chi connectivity index (χ2v) is 1.50. The van der Waals surface area contributed by atoms with Crippen LogP contribution >= 0.6 is 0 Å². The molecule has 0 spiro atoms. The molecule has 0 radical (unpaired) electrons. The lowest BCUT2D eigenvalue weighted by Crippen LogP contribution is -2.09. The van der Waals surface area contributed by atoms with Crippen molar-refractivity contribution in [2.45, 2.75) is 0 Å². The number of aromatic amines is 1. The first kappa shape index (κ1) is 9.06. The molecule has 0 aliphatic rings. The molecule has 0 fully saturated rings. The molecule has 1 rings (SSSR count). The van der Waals surface area contributed by atoms with Gasteiger partial charge in [-0.3, -0.25) is 4.79 Å². The van der Waals surface area contributed by atoms with Gasteiger partial charge in [0.05, 0.1) is 6.01 Å². The highest BCUT2D eigenvalue weighted by atomic mass is 16.3. The Labute approximate surface area is 60.3 Å². The van der Waals surface area contributed by atoms with Crippen LogP contribution in [0.25, 0.3) is 4.98 Å². The molecule has 0 saturated heterocycles. The van der Waals surface area contributed by atoms with Gasteiger partial charge in [-0.25, -0.2) is 4.98 Å². The summed E-state index contributed by atoms with van der Waals surface area (Å²) >= 11 is 0. The van der Waals surface area contributed by atoms with Gasteiger partial charge in [-0.1, -0.05) is 0 Å². The number of aromatic nitrogens is 2. The molecule has 7 heteroatoms. The molecule has 3 N–H and O–H groups in total. The van der Waals surface area contributed by atoms with Crippen LogP contribution in [-0.4, -0.2) is 15.4 Å². The SMILES string of the molecule is N#[N+]c1cnc([O-])[nH]c1=O.O. The molecule has 0 bridgehead atoms. The van der Waals surface area contributed by atoms with Crippen molar-refractivity contribution in [3.8, 4) is 6.01 Å². The Hall–Kier alpha value is -1.94. The van der Waals surface area contributed by atoms with E-state index < -0.39 is 11.6 Å². The average Bonchev–Trinajstić information content (AvgIpc) is 1.88. The topological polar surface area (TPSA) is 128 Å². The number of H-pyrrole nitrogens is 1. The summed E-state index contributed by atoms with van der Waals surface area (Å²) in [5, 5.41) is 18.3. The molecule has 0 saturated carbocycles. The number of hydrogen-bond donors (Lipinski definition) is 1. The number of nitrogens with one attached hydrogen (secondary N) is 1. The maximum absolute atomic E-state index is 10.5. The third kappa shape index (κ3) is 1.74. The first-order chi connectivity index (χ1) is 4.74. The second kappa shape index (κ2) is 3.28. The zero-order valence-electron chi connectivity index (χ0n) is 5.24. The highest BCUT2D eigenvalue weighted by Gasteiger charge is 2.09. The van der Waals surface area contributed by atoms with Crippen molar-refractivity contribution in [2.75, 3.05) is 0 Å². The first-order valence-electron chi connectivity index (χ1n) is 2.35.